The summed E-state index contributed by atoms with van der Waals surface area (Å²) < 4.78 is 11.5. The molecule has 0 radical (unpaired) electrons. The molecule has 3 rings (SSSR count). The van der Waals surface area contributed by atoms with Gasteiger partial charge in [-0.2, -0.15) is 0 Å². The Balaban J connectivity index is 2.02. The summed E-state index contributed by atoms with van der Waals surface area (Å²) in [4.78, 5) is 43.6. The van der Waals surface area contributed by atoms with Crippen molar-refractivity contribution in [3.05, 3.63) is 58.7 Å². The van der Waals surface area contributed by atoms with Crippen LogP contribution in [-0.4, -0.2) is 49.0 Å². The fourth-order valence-electron chi connectivity index (χ4n) is 6.00. The largest absolute Gasteiger partial charge is 0.356 e. The number of nitrogens with one attached hydrogen (secondary N) is 1. The van der Waals surface area contributed by atoms with Crippen molar-refractivity contribution in [3.8, 4) is 11.1 Å². The molecule has 0 aromatic heterocycles. The van der Waals surface area contributed by atoms with Crippen LogP contribution in [0.25, 0.3) is 11.1 Å². The summed E-state index contributed by atoms with van der Waals surface area (Å²) in [5, 5.41) is 12.4. The van der Waals surface area contributed by atoms with E-state index in [4.69, 9.17) is 19.7 Å². The third-order valence-corrected chi connectivity index (χ3v) is 8.58. The van der Waals surface area contributed by atoms with E-state index >= 15 is 0 Å². The zero-order valence-corrected chi connectivity index (χ0v) is 27.8. The van der Waals surface area contributed by atoms with Crippen molar-refractivity contribution in [3.63, 3.8) is 0 Å². The van der Waals surface area contributed by atoms with Gasteiger partial charge >= 0.3 is 5.97 Å². The first-order valence-corrected chi connectivity index (χ1v) is 16.6. The maximum absolute atomic E-state index is 13.8. The highest BCUT2D eigenvalue weighted by Crippen LogP contribution is 2.51. The fraction of sp³-hybridized carbons (Fsp3) is 0.541. The number of carbonyl (C=O) groups excluding carboxylic acids is 3. The zero-order chi connectivity index (χ0) is 32.8. The molecule has 45 heavy (non-hydrogen) atoms. The van der Waals surface area contributed by atoms with Crippen molar-refractivity contribution in [2.45, 2.75) is 111 Å². The Morgan fingerprint density at radius 1 is 0.756 bits per heavy atom. The summed E-state index contributed by atoms with van der Waals surface area (Å²) in [7, 11) is 0. The van der Waals surface area contributed by atoms with Crippen LogP contribution < -0.4 is 0 Å². The van der Waals surface area contributed by atoms with Gasteiger partial charge in [0.25, 0.3) is 0 Å². The van der Waals surface area contributed by atoms with Gasteiger partial charge in [-0.25, -0.2) is 4.79 Å². The number of hydrogen-bond donors (Lipinski definition) is 1. The Labute approximate surface area is 268 Å². The normalized spacial score (nSPS) is 15.4. The van der Waals surface area contributed by atoms with Crippen molar-refractivity contribution in [2.24, 2.45) is 5.16 Å². The number of ether oxygens (including phenoxy) is 2. The molecular formula is C37H50N2O6. The van der Waals surface area contributed by atoms with Gasteiger partial charge in [-0.15, -0.1) is 0 Å². The molecule has 0 saturated carbocycles. The Morgan fingerprint density at radius 2 is 1.33 bits per heavy atom. The maximum Gasteiger partial charge on any atom is 0.331 e. The van der Waals surface area contributed by atoms with Crippen LogP contribution in [0.1, 0.15) is 137 Å². The maximum atomic E-state index is 13.8. The summed E-state index contributed by atoms with van der Waals surface area (Å²) >= 11 is 0. The van der Waals surface area contributed by atoms with E-state index < -0.39 is 11.4 Å². The summed E-state index contributed by atoms with van der Waals surface area (Å²) in [6.07, 6.45) is 9.40. The molecule has 1 atom stereocenters. The summed E-state index contributed by atoms with van der Waals surface area (Å²) in [5.74, 6) is -1.11. The molecule has 1 aliphatic carbocycles. The molecule has 8 nitrogen and oxygen atoms in total. The van der Waals surface area contributed by atoms with Crippen molar-refractivity contribution < 1.29 is 28.7 Å². The first-order valence-electron chi connectivity index (χ1n) is 16.6. The second kappa shape index (κ2) is 17.9. The number of fused-ring (bicyclic) bond motifs is 3. The third kappa shape index (κ3) is 9.04. The molecule has 1 N–H and O–H groups in total. The predicted octanol–water partition coefficient (Wildman–Crippen LogP) is 8.62. The molecule has 244 valence electrons. The van der Waals surface area contributed by atoms with Crippen molar-refractivity contribution >= 4 is 29.0 Å². The Kier molecular flexibility index (Phi) is 14.3. The van der Waals surface area contributed by atoms with Gasteiger partial charge in [-0.3, -0.25) is 9.59 Å². The highest BCUT2D eigenvalue weighted by molar-refractivity contribution is 6.46. The molecule has 0 amide bonds. The number of nitrogens with zero attached hydrogens (tertiary/aromatic N) is 1. The quantitative estimate of drug-likeness (QED) is 0.0374. The minimum Gasteiger partial charge on any atom is -0.356 e. The predicted molar refractivity (Wildman–Crippen MR) is 179 cm³/mol. The number of unbranched alkanes of at least 4 members (excludes halogenated alkanes) is 6. The molecule has 1 aliphatic rings. The van der Waals surface area contributed by atoms with Gasteiger partial charge in [0.05, 0.1) is 12.3 Å². The van der Waals surface area contributed by atoms with Gasteiger partial charge in [-0.1, -0.05) is 88.7 Å². The van der Waals surface area contributed by atoms with Crippen LogP contribution in [0.5, 0.6) is 0 Å². The number of ketones is 2. The summed E-state index contributed by atoms with van der Waals surface area (Å²) in [5.41, 5.74) is 4.47. The Bertz CT molecular complexity index is 1380. The fourth-order valence-corrected chi connectivity index (χ4v) is 6.00. The van der Waals surface area contributed by atoms with Crippen LogP contribution in [0, 0.1) is 5.41 Å². The first kappa shape index (κ1) is 36.0. The molecule has 1 unspecified atom stereocenters. The lowest BCUT2D eigenvalue weighted by atomic mass is 9.75. The highest BCUT2D eigenvalue weighted by atomic mass is 16.7. The minimum absolute atomic E-state index is 0.125. The molecule has 0 bridgehead atoms. The van der Waals surface area contributed by atoms with E-state index in [0.717, 1.165) is 73.6 Å². The van der Waals surface area contributed by atoms with Crippen LogP contribution in [0.15, 0.2) is 41.6 Å². The third-order valence-electron chi connectivity index (χ3n) is 8.58. The van der Waals surface area contributed by atoms with E-state index in [-0.39, 0.29) is 29.8 Å². The zero-order valence-electron chi connectivity index (χ0n) is 27.8. The topological polar surface area (TPSA) is 115 Å². The average Bonchev–Trinajstić information content (AvgIpc) is 3.32. The summed E-state index contributed by atoms with van der Waals surface area (Å²) in [6, 6.07) is 11.3. The lowest BCUT2D eigenvalue weighted by Crippen LogP contribution is -2.32. The van der Waals surface area contributed by atoms with Gasteiger partial charge in [0.2, 0.25) is 11.6 Å². The van der Waals surface area contributed by atoms with E-state index in [1.165, 1.54) is 6.92 Å². The number of rotatable bonds is 21. The average molecular weight is 619 g/mol. The number of carbonyl (C=O) groups is 3. The molecule has 2 aromatic carbocycles. The van der Waals surface area contributed by atoms with E-state index in [1.807, 2.05) is 31.2 Å². The van der Waals surface area contributed by atoms with Crippen LogP contribution in [0.2, 0.25) is 0 Å². The number of Topliss-reactive ketones (excluding diaryl/α,β-unsaturated/α-hetero) is 2. The number of hydrogen-bond acceptors (Lipinski definition) is 8. The molecule has 8 heteroatoms. The van der Waals surface area contributed by atoms with Crippen molar-refractivity contribution in [1.82, 2.24) is 0 Å². The second-order valence-electron chi connectivity index (χ2n) is 11.8. The lowest BCUT2D eigenvalue weighted by molar-refractivity contribution is -0.140. The Morgan fingerprint density at radius 3 is 1.87 bits per heavy atom. The first-order chi connectivity index (χ1) is 21.7. The molecule has 0 heterocycles. The number of benzene rings is 2. The van der Waals surface area contributed by atoms with Gasteiger partial charge in [0.15, 0.2) is 0 Å². The van der Waals surface area contributed by atoms with E-state index in [0.29, 0.717) is 43.6 Å². The molecule has 2 aromatic rings. The smallest absolute Gasteiger partial charge is 0.331 e. The molecule has 0 aliphatic heterocycles. The number of oxime groups is 1. The molecule has 0 saturated heterocycles. The van der Waals surface area contributed by atoms with Crippen LogP contribution in [-0.2, 0) is 24.5 Å². The molecular weight excluding hydrogens is 568 g/mol. The van der Waals surface area contributed by atoms with Crippen LogP contribution in [0.3, 0.4) is 0 Å². The molecule has 0 fully saturated rings. The van der Waals surface area contributed by atoms with Gasteiger partial charge < -0.3 is 19.7 Å². The second-order valence-corrected chi connectivity index (χ2v) is 11.8. The van der Waals surface area contributed by atoms with E-state index in [9.17, 15) is 14.4 Å². The minimum atomic E-state index is -0.647. The van der Waals surface area contributed by atoms with Crippen molar-refractivity contribution in [2.75, 3.05) is 20.0 Å². The van der Waals surface area contributed by atoms with E-state index in [2.05, 4.69) is 25.9 Å². The monoisotopic (exact) mass is 618 g/mol. The standard InChI is InChI=1S/C37H50N2O6/c1-6-10-12-14-16-33(38)35(41)27-18-20-29-30-21-19-28(36(42)34(39-45-26(5)40)17-15-13-11-7-2)23-32(30)37(8-3,31(29)22-27)24-44-25-43-9-4/h18-23,38H,6-17,24-25H2,1-5H3/b38-33?,39-34+. The van der Waals surface area contributed by atoms with Crippen LogP contribution >= 0.6 is 0 Å². The van der Waals surface area contributed by atoms with Gasteiger partial charge in [0, 0.05) is 30.1 Å². The SMILES string of the molecule is CCCCCCC(=N)C(=O)c1ccc2c(c1)C(CC)(COCOCC)c1cc(C(=O)/C(CCCCCC)=N/OC(C)=O)ccc1-2. The molecule has 0 spiro atoms. The van der Waals surface area contributed by atoms with Gasteiger partial charge in [0.1, 0.15) is 12.5 Å². The van der Waals surface area contributed by atoms with E-state index in [1.54, 1.807) is 12.1 Å². The summed E-state index contributed by atoms with van der Waals surface area (Å²) in [6.45, 7) is 10.4. The lowest BCUT2D eigenvalue weighted by Gasteiger charge is -2.31. The van der Waals surface area contributed by atoms with Crippen molar-refractivity contribution in [1.29, 1.82) is 5.41 Å². The van der Waals surface area contributed by atoms with Crippen LogP contribution in [0.4, 0.5) is 0 Å². The highest BCUT2D eigenvalue weighted by Gasteiger charge is 2.43. The Hall–Kier alpha value is -3.49. The van der Waals surface area contributed by atoms with Gasteiger partial charge in [-0.05, 0) is 73.4 Å².